The highest BCUT2D eigenvalue weighted by Crippen LogP contribution is 2.61. The van der Waals surface area contributed by atoms with Crippen LogP contribution in [-0.4, -0.2) is 111 Å². The molecule has 0 aliphatic carbocycles. The van der Waals surface area contributed by atoms with Gasteiger partial charge in [-0.2, -0.15) is 9.29 Å². The molecule has 208 valence electrons. The quantitative estimate of drug-likeness (QED) is 0.135. The van der Waals surface area contributed by atoms with Crippen LogP contribution in [0.5, 0.6) is 0 Å². The van der Waals surface area contributed by atoms with Crippen molar-refractivity contribution in [1.82, 2.24) is 19.5 Å². The Kier molecular flexibility index (Phi) is 7.88. The molecular formula is C15H23N5O15P2. The number of nitrogen functional groups attached to an aromatic ring is 1. The highest BCUT2D eigenvalue weighted by molar-refractivity contribution is 7.61. The number of nitrogens with zero attached hydrogens (tertiary/aromatic N) is 3. The Morgan fingerprint density at radius 2 is 1.81 bits per heavy atom. The number of H-pyrrole nitrogens is 1. The number of rotatable bonds is 8. The Hall–Kier alpha value is -1.87. The van der Waals surface area contributed by atoms with Crippen LogP contribution in [0.15, 0.2) is 11.1 Å². The van der Waals surface area contributed by atoms with Crippen LogP contribution in [0.4, 0.5) is 5.95 Å². The third-order valence-electron chi connectivity index (χ3n) is 5.36. The zero-order valence-electron chi connectivity index (χ0n) is 18.3. The molecule has 0 spiro atoms. The van der Waals surface area contributed by atoms with Crippen molar-refractivity contribution in [3.63, 3.8) is 0 Å². The molecular weight excluding hydrogens is 552 g/mol. The average molecular weight is 575 g/mol. The molecule has 2 aromatic heterocycles. The summed E-state index contributed by atoms with van der Waals surface area (Å²) >= 11 is 0. The average Bonchev–Trinajstić information content (AvgIpc) is 3.33. The number of phosphoric ester groups is 2. The Morgan fingerprint density at radius 3 is 2.51 bits per heavy atom. The number of aliphatic hydroxyl groups excluding tert-OH is 5. The van der Waals surface area contributed by atoms with E-state index in [4.69, 9.17) is 15.2 Å². The van der Waals surface area contributed by atoms with Gasteiger partial charge >= 0.3 is 15.6 Å². The normalized spacial score (nSPS) is 35.9. The van der Waals surface area contributed by atoms with Crippen molar-refractivity contribution in [2.45, 2.75) is 49.1 Å². The van der Waals surface area contributed by atoms with E-state index in [1.165, 1.54) is 0 Å². The van der Waals surface area contributed by atoms with Crippen molar-refractivity contribution in [2.75, 3.05) is 18.9 Å². The first-order chi connectivity index (χ1) is 17.2. The topological polar surface area (TPSA) is 311 Å². The lowest BCUT2D eigenvalue weighted by Crippen LogP contribution is -2.53. The summed E-state index contributed by atoms with van der Waals surface area (Å²) in [5, 5.41) is 49.4. The molecule has 0 saturated carbocycles. The fourth-order valence-corrected chi connectivity index (χ4v) is 5.74. The van der Waals surface area contributed by atoms with Gasteiger partial charge < -0.3 is 50.5 Å². The molecule has 10 atom stereocenters. The maximum Gasteiger partial charge on any atom is 0.483 e. The predicted octanol–water partition coefficient (Wildman–Crippen LogP) is -3.99. The number of ether oxygens (including phenoxy) is 2. The molecule has 0 bridgehead atoms. The summed E-state index contributed by atoms with van der Waals surface area (Å²) in [6, 6.07) is 0. The summed E-state index contributed by atoms with van der Waals surface area (Å²) in [6.45, 7) is -1.56. The van der Waals surface area contributed by atoms with Crippen LogP contribution in [0.1, 0.15) is 6.23 Å². The number of anilines is 1. The Morgan fingerprint density at radius 1 is 1.11 bits per heavy atom. The van der Waals surface area contributed by atoms with Crippen LogP contribution in [0.2, 0.25) is 0 Å². The van der Waals surface area contributed by atoms with Crippen LogP contribution in [0, 0.1) is 0 Å². The lowest BCUT2D eigenvalue weighted by molar-refractivity contribution is -0.245. The molecule has 2 aliphatic rings. The van der Waals surface area contributed by atoms with E-state index < -0.39 is 83.6 Å². The molecule has 37 heavy (non-hydrogen) atoms. The summed E-state index contributed by atoms with van der Waals surface area (Å²) < 4.78 is 48.7. The van der Waals surface area contributed by atoms with Crippen molar-refractivity contribution >= 4 is 32.8 Å². The largest absolute Gasteiger partial charge is 0.483 e. The van der Waals surface area contributed by atoms with E-state index >= 15 is 0 Å². The van der Waals surface area contributed by atoms with Gasteiger partial charge in [-0.25, -0.2) is 14.1 Å². The van der Waals surface area contributed by atoms with Gasteiger partial charge in [-0.05, 0) is 0 Å². The number of hydrogen-bond donors (Lipinski definition) is 9. The highest BCUT2D eigenvalue weighted by Gasteiger charge is 2.48. The number of nitrogens with one attached hydrogen (secondary N) is 1. The molecule has 2 aromatic rings. The lowest BCUT2D eigenvalue weighted by atomic mass is 10.1. The maximum absolute atomic E-state index is 12.2. The smallest absolute Gasteiger partial charge is 0.388 e. The minimum absolute atomic E-state index is 0.0987. The summed E-state index contributed by atoms with van der Waals surface area (Å²) in [7, 11) is -10.9. The Balaban J connectivity index is 1.39. The molecule has 0 amide bonds. The molecule has 20 nitrogen and oxygen atoms in total. The van der Waals surface area contributed by atoms with Crippen LogP contribution < -0.4 is 11.3 Å². The number of phosphoric acid groups is 2. The molecule has 4 rings (SSSR count). The molecule has 0 radical (unpaired) electrons. The standard InChI is InChI=1S/C15H23N5O15P2/c16-15-18-11-6(12(26)19-15)17-3-20(11)13-9(24)8(23)5(33-13)2-32-36(27,28)35-37(29,30)34-14-10(25)7(22)4(21)1-31-14/h3-5,7-10,13-14,21-25H,1-2H2,(H,27,28)(H,29,30)(H3,16,18,19,26)/t4-,5-,7+,8-,9-,10-,13-,14-/m1/s1. The van der Waals surface area contributed by atoms with E-state index in [1.54, 1.807) is 0 Å². The molecule has 2 unspecified atom stereocenters. The van der Waals surface area contributed by atoms with Crippen molar-refractivity contribution in [3.8, 4) is 0 Å². The Bertz CT molecular complexity index is 1290. The van der Waals surface area contributed by atoms with Crippen molar-refractivity contribution < 1.29 is 67.3 Å². The number of aromatic amines is 1. The van der Waals surface area contributed by atoms with Gasteiger partial charge in [-0.1, -0.05) is 0 Å². The predicted molar refractivity (Wildman–Crippen MR) is 114 cm³/mol. The van der Waals surface area contributed by atoms with Gasteiger partial charge in [0, 0.05) is 0 Å². The first-order valence-electron chi connectivity index (χ1n) is 10.3. The fraction of sp³-hybridized carbons (Fsp3) is 0.667. The third-order valence-corrected chi connectivity index (χ3v) is 7.96. The number of aliphatic hydroxyl groups is 5. The van der Waals surface area contributed by atoms with Crippen LogP contribution in [0.25, 0.3) is 11.2 Å². The first-order valence-corrected chi connectivity index (χ1v) is 13.3. The van der Waals surface area contributed by atoms with Gasteiger partial charge in [0.1, 0.15) is 36.6 Å². The van der Waals surface area contributed by atoms with E-state index in [2.05, 4.69) is 28.3 Å². The second kappa shape index (κ2) is 10.4. The van der Waals surface area contributed by atoms with Crippen molar-refractivity contribution in [3.05, 3.63) is 16.7 Å². The molecule has 22 heteroatoms. The van der Waals surface area contributed by atoms with Gasteiger partial charge in [0.15, 0.2) is 23.7 Å². The van der Waals surface area contributed by atoms with E-state index in [-0.39, 0.29) is 17.1 Å². The SMILES string of the molecule is Nc1nc2c(ncn2[C@@H]2O[C@H](COP(=O)(O)OP(=O)(O)O[C@H]3OC[C@@H](O)[C@H](O)[C@H]3O)[C@@H](O)[C@H]2O)c(=O)[nH]1. The zero-order chi connectivity index (χ0) is 27.3. The van der Waals surface area contributed by atoms with E-state index in [9.17, 15) is 49.2 Å². The molecule has 0 aromatic carbocycles. The van der Waals surface area contributed by atoms with Crippen molar-refractivity contribution in [2.24, 2.45) is 0 Å². The molecule has 2 saturated heterocycles. The number of aromatic nitrogens is 4. The summed E-state index contributed by atoms with van der Waals surface area (Å²) in [4.78, 5) is 41.5. The molecule has 2 aliphatic heterocycles. The van der Waals surface area contributed by atoms with E-state index in [0.717, 1.165) is 10.9 Å². The third kappa shape index (κ3) is 5.92. The molecule has 2 fully saturated rings. The van der Waals surface area contributed by atoms with Gasteiger partial charge in [-0.15, -0.1) is 0 Å². The summed E-state index contributed by atoms with van der Waals surface area (Å²) in [5.41, 5.74) is 4.58. The highest BCUT2D eigenvalue weighted by atomic mass is 31.3. The number of hydrogen-bond acceptors (Lipinski definition) is 16. The number of fused-ring (bicyclic) bond motifs is 1. The molecule has 4 heterocycles. The van der Waals surface area contributed by atoms with Crippen molar-refractivity contribution in [1.29, 1.82) is 0 Å². The lowest BCUT2D eigenvalue weighted by Gasteiger charge is -2.35. The first kappa shape index (κ1) is 28.1. The minimum Gasteiger partial charge on any atom is -0.388 e. The van der Waals surface area contributed by atoms with Gasteiger partial charge in [-0.3, -0.25) is 23.4 Å². The van der Waals surface area contributed by atoms with Crippen LogP contribution in [0.3, 0.4) is 0 Å². The maximum atomic E-state index is 12.2. The van der Waals surface area contributed by atoms with E-state index in [1.807, 2.05) is 0 Å². The van der Waals surface area contributed by atoms with Crippen LogP contribution in [-0.2, 0) is 32.0 Å². The number of imidazole rings is 1. The Labute approximate surface area is 205 Å². The monoisotopic (exact) mass is 575 g/mol. The van der Waals surface area contributed by atoms with E-state index in [0.29, 0.717) is 0 Å². The summed E-state index contributed by atoms with van der Waals surface area (Å²) in [6.07, 6.45) is -12.6. The van der Waals surface area contributed by atoms with Gasteiger partial charge in [0.25, 0.3) is 5.56 Å². The van der Waals surface area contributed by atoms with Gasteiger partial charge in [0.05, 0.1) is 19.5 Å². The second-order valence-corrected chi connectivity index (χ2v) is 11.0. The second-order valence-electron chi connectivity index (χ2n) is 7.99. The molecule has 10 N–H and O–H groups in total. The minimum atomic E-state index is -5.48. The number of nitrogens with two attached hydrogens (primary N) is 1. The van der Waals surface area contributed by atoms with Gasteiger partial charge in [0.2, 0.25) is 5.95 Å². The van der Waals surface area contributed by atoms with Crippen LogP contribution >= 0.6 is 15.6 Å². The fourth-order valence-electron chi connectivity index (χ4n) is 3.57. The summed E-state index contributed by atoms with van der Waals surface area (Å²) in [5.74, 6) is -0.266. The zero-order valence-corrected chi connectivity index (χ0v) is 20.1.